The molecule has 0 aliphatic heterocycles. The minimum absolute atomic E-state index is 0.151. The van der Waals surface area contributed by atoms with E-state index in [-0.39, 0.29) is 6.04 Å². The van der Waals surface area contributed by atoms with E-state index < -0.39 is 0 Å². The second-order valence-electron chi connectivity index (χ2n) is 4.58. The molecule has 2 rings (SSSR count). The summed E-state index contributed by atoms with van der Waals surface area (Å²) in [5.74, 6) is 0.682. The second kappa shape index (κ2) is 6.02. The van der Waals surface area contributed by atoms with Crippen molar-refractivity contribution in [3.8, 4) is 0 Å². The van der Waals surface area contributed by atoms with Crippen molar-refractivity contribution in [1.82, 2.24) is 9.97 Å². The SMILES string of the molecule is CCc1ccc(C(C)Nc2ncnc(C)c2Cl)cc1. The van der Waals surface area contributed by atoms with Crippen molar-refractivity contribution in [2.45, 2.75) is 33.2 Å². The number of aromatic nitrogens is 2. The van der Waals surface area contributed by atoms with E-state index in [1.54, 1.807) is 0 Å². The van der Waals surface area contributed by atoms with Crippen molar-refractivity contribution in [2.24, 2.45) is 0 Å². The Morgan fingerprint density at radius 1 is 1.21 bits per heavy atom. The van der Waals surface area contributed by atoms with Gasteiger partial charge in [-0.05, 0) is 31.4 Å². The van der Waals surface area contributed by atoms with Crippen molar-refractivity contribution in [1.29, 1.82) is 0 Å². The first-order chi connectivity index (χ1) is 9.11. The van der Waals surface area contributed by atoms with E-state index in [9.17, 15) is 0 Å². The molecule has 0 aliphatic rings. The lowest BCUT2D eigenvalue weighted by Crippen LogP contribution is -2.09. The highest BCUT2D eigenvalue weighted by molar-refractivity contribution is 6.33. The van der Waals surface area contributed by atoms with E-state index in [0.717, 1.165) is 12.1 Å². The first-order valence-corrected chi connectivity index (χ1v) is 6.82. The molecule has 0 radical (unpaired) electrons. The standard InChI is InChI=1S/C15H18ClN3/c1-4-12-5-7-13(8-6-12)10(2)19-15-14(16)11(3)17-9-18-15/h5-10H,4H2,1-3H3,(H,17,18,19). The summed E-state index contributed by atoms with van der Waals surface area (Å²) in [5.41, 5.74) is 3.34. The minimum atomic E-state index is 0.151. The lowest BCUT2D eigenvalue weighted by atomic mass is 10.1. The van der Waals surface area contributed by atoms with Crippen LogP contribution in [0, 0.1) is 6.92 Å². The fourth-order valence-corrected chi connectivity index (χ4v) is 2.04. The Morgan fingerprint density at radius 3 is 2.53 bits per heavy atom. The number of rotatable bonds is 4. The average molecular weight is 276 g/mol. The number of hydrogen-bond donors (Lipinski definition) is 1. The number of anilines is 1. The number of nitrogens with zero attached hydrogens (tertiary/aromatic N) is 2. The van der Waals surface area contributed by atoms with Gasteiger partial charge < -0.3 is 5.32 Å². The van der Waals surface area contributed by atoms with E-state index in [1.807, 2.05) is 6.92 Å². The topological polar surface area (TPSA) is 37.8 Å². The van der Waals surface area contributed by atoms with Gasteiger partial charge in [-0.3, -0.25) is 0 Å². The summed E-state index contributed by atoms with van der Waals surface area (Å²) in [4.78, 5) is 8.24. The Kier molecular flexibility index (Phi) is 4.38. The van der Waals surface area contributed by atoms with Gasteiger partial charge in [0.2, 0.25) is 0 Å². The highest BCUT2D eigenvalue weighted by atomic mass is 35.5. The van der Waals surface area contributed by atoms with Gasteiger partial charge in [-0.25, -0.2) is 9.97 Å². The van der Waals surface area contributed by atoms with Gasteiger partial charge in [0, 0.05) is 6.04 Å². The third-order valence-corrected chi connectivity index (χ3v) is 3.66. The average Bonchev–Trinajstić information content (AvgIpc) is 2.44. The fourth-order valence-electron chi connectivity index (χ4n) is 1.89. The summed E-state index contributed by atoms with van der Waals surface area (Å²) in [6, 6.07) is 8.73. The van der Waals surface area contributed by atoms with E-state index >= 15 is 0 Å². The maximum atomic E-state index is 6.18. The molecule has 1 heterocycles. The van der Waals surface area contributed by atoms with Gasteiger partial charge in [0.05, 0.1) is 5.69 Å². The van der Waals surface area contributed by atoms with Crippen LogP contribution in [0.5, 0.6) is 0 Å². The first-order valence-electron chi connectivity index (χ1n) is 6.44. The van der Waals surface area contributed by atoms with Crippen LogP contribution in [-0.2, 0) is 6.42 Å². The van der Waals surface area contributed by atoms with Crippen molar-refractivity contribution >= 4 is 17.4 Å². The Labute approximate surface area is 119 Å². The summed E-state index contributed by atoms with van der Waals surface area (Å²) in [6.45, 7) is 6.12. The molecule has 2 aromatic rings. The number of halogens is 1. The maximum Gasteiger partial charge on any atom is 0.148 e. The van der Waals surface area contributed by atoms with Crippen molar-refractivity contribution in [3.05, 3.63) is 52.4 Å². The third kappa shape index (κ3) is 3.24. The lowest BCUT2D eigenvalue weighted by molar-refractivity contribution is 0.868. The van der Waals surface area contributed by atoms with Crippen LogP contribution in [0.4, 0.5) is 5.82 Å². The predicted octanol–water partition coefficient (Wildman–Crippen LogP) is 4.17. The van der Waals surface area contributed by atoms with E-state index in [1.165, 1.54) is 17.5 Å². The zero-order chi connectivity index (χ0) is 13.8. The molecule has 1 aromatic carbocycles. The quantitative estimate of drug-likeness (QED) is 0.910. The molecule has 0 amide bonds. The van der Waals surface area contributed by atoms with Crippen LogP contribution in [0.2, 0.25) is 5.02 Å². The summed E-state index contributed by atoms with van der Waals surface area (Å²) < 4.78 is 0. The number of hydrogen-bond acceptors (Lipinski definition) is 3. The van der Waals surface area contributed by atoms with Crippen molar-refractivity contribution < 1.29 is 0 Å². The molecule has 1 unspecified atom stereocenters. The predicted molar refractivity (Wildman–Crippen MR) is 79.6 cm³/mol. The van der Waals surface area contributed by atoms with Crippen LogP contribution < -0.4 is 5.32 Å². The molecule has 0 bridgehead atoms. The maximum absolute atomic E-state index is 6.18. The molecule has 19 heavy (non-hydrogen) atoms. The lowest BCUT2D eigenvalue weighted by Gasteiger charge is -2.16. The molecule has 0 spiro atoms. The summed E-state index contributed by atoms with van der Waals surface area (Å²) in [7, 11) is 0. The van der Waals surface area contributed by atoms with Gasteiger partial charge in [-0.2, -0.15) is 0 Å². The van der Waals surface area contributed by atoms with Crippen LogP contribution in [0.1, 0.15) is 36.7 Å². The Morgan fingerprint density at radius 2 is 1.89 bits per heavy atom. The molecule has 0 saturated heterocycles. The van der Waals surface area contributed by atoms with Crippen molar-refractivity contribution in [2.75, 3.05) is 5.32 Å². The molecule has 3 nitrogen and oxygen atoms in total. The summed E-state index contributed by atoms with van der Waals surface area (Å²) >= 11 is 6.18. The number of aryl methyl sites for hydroxylation is 2. The monoisotopic (exact) mass is 275 g/mol. The molecule has 4 heteroatoms. The van der Waals surface area contributed by atoms with Crippen LogP contribution in [-0.4, -0.2) is 9.97 Å². The molecular weight excluding hydrogens is 258 g/mol. The minimum Gasteiger partial charge on any atom is -0.362 e. The molecule has 1 aromatic heterocycles. The number of benzene rings is 1. The zero-order valence-electron chi connectivity index (χ0n) is 11.4. The number of nitrogens with one attached hydrogen (secondary N) is 1. The van der Waals surface area contributed by atoms with Crippen molar-refractivity contribution in [3.63, 3.8) is 0 Å². The fraction of sp³-hybridized carbons (Fsp3) is 0.333. The van der Waals surface area contributed by atoms with Gasteiger partial charge in [0.15, 0.2) is 0 Å². The van der Waals surface area contributed by atoms with Crippen LogP contribution in [0.15, 0.2) is 30.6 Å². The van der Waals surface area contributed by atoms with Crippen LogP contribution >= 0.6 is 11.6 Å². The highest BCUT2D eigenvalue weighted by Gasteiger charge is 2.10. The highest BCUT2D eigenvalue weighted by Crippen LogP contribution is 2.25. The first kappa shape index (κ1) is 13.8. The van der Waals surface area contributed by atoms with Gasteiger partial charge in [0.1, 0.15) is 17.2 Å². The Hall–Kier alpha value is -1.61. The summed E-state index contributed by atoms with van der Waals surface area (Å²) in [6.07, 6.45) is 2.58. The molecule has 1 atom stereocenters. The summed E-state index contributed by atoms with van der Waals surface area (Å²) in [5, 5.41) is 3.90. The Bertz CT molecular complexity index is 552. The third-order valence-electron chi connectivity index (χ3n) is 3.20. The molecule has 1 N–H and O–H groups in total. The van der Waals surface area contributed by atoms with Crippen LogP contribution in [0.25, 0.3) is 0 Å². The molecule has 0 aliphatic carbocycles. The zero-order valence-corrected chi connectivity index (χ0v) is 12.2. The molecule has 100 valence electrons. The Balaban J connectivity index is 2.15. The largest absolute Gasteiger partial charge is 0.362 e. The van der Waals surface area contributed by atoms with E-state index in [4.69, 9.17) is 11.6 Å². The van der Waals surface area contributed by atoms with Gasteiger partial charge in [-0.15, -0.1) is 0 Å². The smallest absolute Gasteiger partial charge is 0.148 e. The van der Waals surface area contributed by atoms with Gasteiger partial charge >= 0.3 is 0 Å². The van der Waals surface area contributed by atoms with E-state index in [0.29, 0.717) is 10.8 Å². The van der Waals surface area contributed by atoms with Gasteiger partial charge in [0.25, 0.3) is 0 Å². The molecular formula is C15H18ClN3. The van der Waals surface area contributed by atoms with Gasteiger partial charge in [-0.1, -0.05) is 42.8 Å². The molecule has 0 fully saturated rings. The van der Waals surface area contributed by atoms with Crippen LogP contribution in [0.3, 0.4) is 0 Å². The normalized spacial score (nSPS) is 12.2. The second-order valence-corrected chi connectivity index (χ2v) is 4.96. The van der Waals surface area contributed by atoms with E-state index in [2.05, 4.69) is 53.4 Å². The molecule has 0 saturated carbocycles.